The van der Waals surface area contributed by atoms with Gasteiger partial charge in [0.15, 0.2) is 0 Å². The summed E-state index contributed by atoms with van der Waals surface area (Å²) in [4.78, 5) is 2.37. The maximum atomic E-state index is 7.42. The van der Waals surface area contributed by atoms with Crippen LogP contribution in [-0.4, -0.2) is 38.1 Å². The van der Waals surface area contributed by atoms with Gasteiger partial charge in [-0.15, -0.1) is 0 Å². The zero-order valence-corrected chi connectivity index (χ0v) is 6.64. The zero-order chi connectivity index (χ0) is 7.90. The second-order valence-corrected chi connectivity index (χ2v) is 3.84. The molecule has 0 bridgehead atoms. The number of hydrogen-bond donors (Lipinski definition) is 1. The van der Waals surface area contributed by atoms with Gasteiger partial charge in [0.1, 0.15) is 1.41 Å². The fourth-order valence-electron chi connectivity index (χ4n) is 2.28. The van der Waals surface area contributed by atoms with Crippen molar-refractivity contribution < 1.29 is 1.41 Å². The Balaban J connectivity index is 1.88. The van der Waals surface area contributed by atoms with E-state index in [4.69, 9.17) is 1.41 Å². The van der Waals surface area contributed by atoms with Gasteiger partial charge in [0, 0.05) is 13.1 Å². The molecule has 1 N–H and O–H groups in total. The normalized spacial score (nSPS) is 35.5. The molecule has 10 heavy (non-hydrogen) atoms. The van der Waals surface area contributed by atoms with Crippen LogP contribution in [0.5, 0.6) is 0 Å². The van der Waals surface area contributed by atoms with Crippen LogP contribution in [0.2, 0.25) is 1.41 Å². The summed E-state index contributed by atoms with van der Waals surface area (Å²) in [7, 11) is 2.18. The minimum Gasteiger partial charge on any atom is -0.317 e. The van der Waals surface area contributed by atoms with Gasteiger partial charge in [-0.1, -0.05) is 0 Å². The summed E-state index contributed by atoms with van der Waals surface area (Å²) < 4.78 is 7.42. The predicted octanol–water partition coefficient (Wildman–Crippen LogP) is 0.302. The molecule has 1 spiro atoms. The predicted molar refractivity (Wildman–Crippen MR) is 42.0 cm³/mol. The largest absolute Gasteiger partial charge is 0.317 e. The first-order valence-corrected chi connectivity index (χ1v) is 4.13. The van der Waals surface area contributed by atoms with Gasteiger partial charge in [-0.3, -0.25) is 0 Å². The van der Waals surface area contributed by atoms with E-state index in [9.17, 15) is 0 Å². The Morgan fingerprint density at radius 3 is 2.50 bits per heavy atom. The molecule has 2 saturated heterocycles. The quantitative estimate of drug-likeness (QED) is 0.522. The second-order valence-electron chi connectivity index (χ2n) is 3.84. The van der Waals surface area contributed by atoms with Gasteiger partial charge in [-0.05, 0) is 38.4 Å². The van der Waals surface area contributed by atoms with Crippen molar-refractivity contribution in [2.45, 2.75) is 12.8 Å². The third-order valence-corrected chi connectivity index (χ3v) is 2.81. The molecule has 0 radical (unpaired) electrons. The van der Waals surface area contributed by atoms with Crippen molar-refractivity contribution in [3.05, 3.63) is 0 Å². The van der Waals surface area contributed by atoms with Crippen LogP contribution in [-0.2, 0) is 0 Å². The van der Waals surface area contributed by atoms with E-state index in [2.05, 4.69) is 11.9 Å². The van der Waals surface area contributed by atoms with Crippen molar-refractivity contribution in [2.24, 2.45) is 5.41 Å². The molecular weight excluding hydrogens is 124 g/mol. The van der Waals surface area contributed by atoms with Gasteiger partial charge in [-0.25, -0.2) is 0 Å². The Kier molecular flexibility index (Phi) is 1.23. The molecule has 2 heteroatoms. The average molecular weight is 141 g/mol. The third-order valence-electron chi connectivity index (χ3n) is 2.81. The van der Waals surface area contributed by atoms with E-state index >= 15 is 0 Å². The first-order valence-electron chi connectivity index (χ1n) is 4.57. The van der Waals surface area contributed by atoms with Crippen LogP contribution >= 0.6 is 0 Å². The number of hydrogen-bond acceptors (Lipinski definition) is 2. The molecule has 0 amide bonds. The summed E-state index contributed by atoms with van der Waals surface area (Å²) in [5.41, 5.74) is 0.617. The maximum absolute atomic E-state index is 7.42. The van der Waals surface area contributed by atoms with E-state index in [1.54, 1.807) is 5.31 Å². The number of likely N-dealkylation sites (tertiary alicyclic amines) is 1. The molecule has 58 valence electrons. The minimum atomic E-state index is 0.617. The molecule has 0 aromatic carbocycles. The molecule has 2 rings (SSSR count). The highest BCUT2D eigenvalue weighted by Crippen LogP contribution is 2.37. The molecule has 2 nitrogen and oxygen atoms in total. The van der Waals surface area contributed by atoms with E-state index in [0.717, 1.165) is 13.1 Å². The smallest absolute Gasteiger partial charge is 0.122 e. The Bertz CT molecular complexity index is 144. The van der Waals surface area contributed by atoms with Crippen LogP contribution in [0.25, 0.3) is 0 Å². The van der Waals surface area contributed by atoms with Crippen molar-refractivity contribution in [1.82, 2.24) is 10.2 Å². The highest BCUT2D eigenvalue weighted by atomic mass is 15.2. The van der Waals surface area contributed by atoms with Crippen LogP contribution in [0.3, 0.4) is 0 Å². The van der Waals surface area contributed by atoms with E-state index in [0.29, 0.717) is 5.41 Å². The Labute approximate surface area is 64.1 Å². The zero-order valence-electron chi connectivity index (χ0n) is 7.64. The van der Waals surface area contributed by atoms with Gasteiger partial charge in [-0.2, -0.15) is 0 Å². The molecular formula is C8H16N2. The summed E-state index contributed by atoms with van der Waals surface area (Å²) in [5.74, 6) is 0. The Morgan fingerprint density at radius 1 is 1.40 bits per heavy atom. The monoisotopic (exact) mass is 141 g/mol. The first-order chi connectivity index (χ1) is 5.20. The van der Waals surface area contributed by atoms with E-state index < -0.39 is 0 Å². The average Bonchev–Trinajstić information content (AvgIpc) is 1.92. The summed E-state index contributed by atoms with van der Waals surface area (Å²) in [5, 5.41) is 1.70. The lowest BCUT2D eigenvalue weighted by Crippen LogP contribution is -2.58. The molecule has 0 unspecified atom stereocenters. The highest BCUT2D eigenvalue weighted by molar-refractivity contribution is 4.95. The molecule has 2 heterocycles. The van der Waals surface area contributed by atoms with Crippen LogP contribution in [0.1, 0.15) is 12.8 Å². The van der Waals surface area contributed by atoms with Crippen LogP contribution in [0.4, 0.5) is 0 Å². The van der Waals surface area contributed by atoms with Crippen molar-refractivity contribution in [2.75, 3.05) is 33.2 Å². The van der Waals surface area contributed by atoms with E-state index in [1.165, 1.54) is 25.9 Å². The van der Waals surface area contributed by atoms with Gasteiger partial charge in [0.2, 0.25) is 0 Å². The molecule has 2 aliphatic rings. The number of rotatable bonds is 0. The van der Waals surface area contributed by atoms with Crippen LogP contribution in [0.15, 0.2) is 0 Å². The molecule has 0 aromatic rings. The van der Waals surface area contributed by atoms with E-state index in [-0.39, 0.29) is 0 Å². The van der Waals surface area contributed by atoms with Crippen LogP contribution < -0.4 is 5.31 Å². The fourth-order valence-corrected chi connectivity index (χ4v) is 2.28. The molecule has 2 aliphatic heterocycles. The first kappa shape index (κ1) is 5.56. The summed E-state index contributed by atoms with van der Waals surface area (Å²) >= 11 is 0. The van der Waals surface area contributed by atoms with Gasteiger partial charge < -0.3 is 10.2 Å². The molecule has 2 fully saturated rings. The molecule has 0 atom stereocenters. The topological polar surface area (TPSA) is 15.3 Å². The van der Waals surface area contributed by atoms with Gasteiger partial charge in [0.25, 0.3) is 0 Å². The maximum Gasteiger partial charge on any atom is 0.122 e. The lowest BCUT2D eigenvalue weighted by Gasteiger charge is -2.51. The van der Waals surface area contributed by atoms with Crippen molar-refractivity contribution in [1.29, 1.82) is 0 Å². The number of nitrogens with one attached hydrogen (secondary N) is 1. The van der Waals surface area contributed by atoms with Crippen LogP contribution in [0, 0.1) is 5.41 Å². The standard InChI is InChI=1S/C8H16N2/c1-10-6-8(7-10)2-4-9-5-3-8/h9H,2-7H2,1H3/i/hD. The van der Waals surface area contributed by atoms with Crippen molar-refractivity contribution in [3.8, 4) is 0 Å². The fraction of sp³-hybridized carbons (Fsp3) is 1.00. The van der Waals surface area contributed by atoms with Crippen molar-refractivity contribution in [3.63, 3.8) is 0 Å². The second kappa shape index (κ2) is 2.21. The Morgan fingerprint density at radius 2 is 2.00 bits per heavy atom. The third kappa shape index (κ3) is 0.956. The number of nitrogens with zero attached hydrogens (tertiary/aromatic N) is 1. The van der Waals surface area contributed by atoms with E-state index in [1.807, 2.05) is 0 Å². The lowest BCUT2D eigenvalue weighted by molar-refractivity contribution is -0.00368. The minimum absolute atomic E-state index is 0.617. The molecule has 0 saturated carbocycles. The Hall–Kier alpha value is -0.0800. The lowest BCUT2D eigenvalue weighted by atomic mass is 9.73. The summed E-state index contributed by atoms with van der Waals surface area (Å²) in [6.45, 7) is 4.49. The number of piperidine rings is 1. The van der Waals surface area contributed by atoms with Gasteiger partial charge in [0.05, 0.1) is 0 Å². The SMILES string of the molecule is [2H]N1CCC2(CC1)CN(C)C2. The summed E-state index contributed by atoms with van der Waals surface area (Å²) in [6, 6.07) is 0. The molecule has 0 aliphatic carbocycles. The highest BCUT2D eigenvalue weighted by Gasteiger charge is 2.41. The van der Waals surface area contributed by atoms with Gasteiger partial charge >= 0.3 is 0 Å². The summed E-state index contributed by atoms with van der Waals surface area (Å²) in [6.07, 6.45) is 2.47. The molecule has 0 aromatic heterocycles. The van der Waals surface area contributed by atoms with Crippen molar-refractivity contribution >= 4 is 0 Å².